The Bertz CT molecular complexity index is 820. The van der Waals surface area contributed by atoms with Crippen LogP contribution >= 0.6 is 11.6 Å². The predicted octanol–water partition coefficient (Wildman–Crippen LogP) is 3.23. The Balaban J connectivity index is 1.68. The second kappa shape index (κ2) is 5.10. The van der Waals surface area contributed by atoms with Gasteiger partial charge in [-0.25, -0.2) is 4.79 Å². The Kier molecular flexibility index (Phi) is 3.16. The van der Waals surface area contributed by atoms with Crippen molar-refractivity contribution in [3.05, 3.63) is 70.2 Å². The van der Waals surface area contributed by atoms with Crippen molar-refractivity contribution < 1.29 is 9.59 Å². The van der Waals surface area contributed by atoms with Crippen molar-refractivity contribution in [3.8, 4) is 0 Å². The molecule has 2 aromatic rings. The number of fused-ring (bicyclic) bond motifs is 2. The van der Waals surface area contributed by atoms with E-state index in [1.807, 2.05) is 36.4 Å². The lowest BCUT2D eigenvalue weighted by atomic mass is 9.92. The standard InChI is InChI=1S/C18H15ClN2O2/c19-14-6-3-4-12(10-14)11-21-16(22)18(20-17(21)23)9-8-13-5-1-2-7-15(13)18/h1-7,10H,8-9,11H2,(H,20,23)/t18-/m0/s1. The van der Waals surface area contributed by atoms with Gasteiger partial charge in [0.1, 0.15) is 5.54 Å². The van der Waals surface area contributed by atoms with Crippen LogP contribution in [-0.4, -0.2) is 16.8 Å². The summed E-state index contributed by atoms with van der Waals surface area (Å²) in [6.45, 7) is 0.231. The molecule has 1 heterocycles. The third-order valence-electron chi connectivity index (χ3n) is 4.65. The number of hydrogen-bond donors (Lipinski definition) is 1. The van der Waals surface area contributed by atoms with Crippen LogP contribution < -0.4 is 5.32 Å². The molecule has 4 nitrogen and oxygen atoms in total. The van der Waals surface area contributed by atoms with Gasteiger partial charge < -0.3 is 5.32 Å². The summed E-state index contributed by atoms with van der Waals surface area (Å²) in [6.07, 6.45) is 1.41. The molecule has 116 valence electrons. The van der Waals surface area contributed by atoms with Crippen LogP contribution in [0.5, 0.6) is 0 Å². The molecule has 2 aromatic carbocycles. The van der Waals surface area contributed by atoms with Gasteiger partial charge in [-0.1, -0.05) is 48.0 Å². The number of hydrogen-bond acceptors (Lipinski definition) is 2. The summed E-state index contributed by atoms with van der Waals surface area (Å²) in [7, 11) is 0. The number of nitrogens with one attached hydrogen (secondary N) is 1. The summed E-state index contributed by atoms with van der Waals surface area (Å²) in [5.74, 6) is -0.174. The molecule has 0 aromatic heterocycles. The van der Waals surface area contributed by atoms with Crippen LogP contribution in [0, 0.1) is 0 Å². The van der Waals surface area contributed by atoms with Crippen LogP contribution in [0.1, 0.15) is 23.1 Å². The largest absolute Gasteiger partial charge is 0.325 e. The van der Waals surface area contributed by atoms with Gasteiger partial charge in [-0.15, -0.1) is 0 Å². The number of carbonyl (C=O) groups excluding carboxylic acids is 2. The van der Waals surface area contributed by atoms with Gasteiger partial charge in [0, 0.05) is 5.02 Å². The van der Waals surface area contributed by atoms with E-state index in [1.165, 1.54) is 4.90 Å². The van der Waals surface area contributed by atoms with E-state index in [0.717, 1.165) is 23.1 Å². The van der Waals surface area contributed by atoms with E-state index < -0.39 is 5.54 Å². The zero-order valence-corrected chi connectivity index (χ0v) is 13.1. The van der Waals surface area contributed by atoms with E-state index in [-0.39, 0.29) is 18.5 Å². The van der Waals surface area contributed by atoms with E-state index in [1.54, 1.807) is 12.1 Å². The third kappa shape index (κ3) is 2.13. The lowest BCUT2D eigenvalue weighted by Gasteiger charge is -2.22. The Morgan fingerprint density at radius 1 is 1.13 bits per heavy atom. The van der Waals surface area contributed by atoms with Crippen LogP contribution in [0.4, 0.5) is 4.79 Å². The molecular formula is C18H15ClN2O2. The fraction of sp³-hybridized carbons (Fsp3) is 0.222. The number of amides is 3. The van der Waals surface area contributed by atoms with Crippen molar-refractivity contribution in [2.24, 2.45) is 0 Å². The minimum atomic E-state index is -0.897. The summed E-state index contributed by atoms with van der Waals surface area (Å²) in [5.41, 5.74) is 1.99. The molecular weight excluding hydrogens is 312 g/mol. The van der Waals surface area contributed by atoms with Crippen LogP contribution in [0.15, 0.2) is 48.5 Å². The molecule has 1 aliphatic heterocycles. The van der Waals surface area contributed by atoms with Gasteiger partial charge in [0.25, 0.3) is 5.91 Å². The Labute approximate surface area is 139 Å². The van der Waals surface area contributed by atoms with Crippen LogP contribution in [0.3, 0.4) is 0 Å². The highest BCUT2D eigenvalue weighted by molar-refractivity contribution is 6.30. The summed E-state index contributed by atoms with van der Waals surface area (Å²) in [5, 5.41) is 3.52. The maximum absolute atomic E-state index is 13.0. The molecule has 0 bridgehead atoms. The lowest BCUT2D eigenvalue weighted by Crippen LogP contribution is -2.41. The molecule has 1 N–H and O–H groups in total. The highest BCUT2D eigenvalue weighted by Gasteiger charge is 2.55. The highest BCUT2D eigenvalue weighted by atomic mass is 35.5. The number of rotatable bonds is 2. The van der Waals surface area contributed by atoms with Crippen molar-refractivity contribution in [2.45, 2.75) is 24.9 Å². The monoisotopic (exact) mass is 326 g/mol. The van der Waals surface area contributed by atoms with Crippen LogP contribution in [0.25, 0.3) is 0 Å². The first kappa shape index (κ1) is 14.3. The highest BCUT2D eigenvalue weighted by Crippen LogP contribution is 2.41. The number of carbonyl (C=O) groups is 2. The molecule has 1 spiro atoms. The van der Waals surface area contributed by atoms with Crippen molar-refractivity contribution in [1.29, 1.82) is 0 Å². The van der Waals surface area contributed by atoms with E-state index in [0.29, 0.717) is 11.4 Å². The summed E-state index contributed by atoms with van der Waals surface area (Å²) in [6, 6.07) is 14.7. The van der Waals surface area contributed by atoms with E-state index >= 15 is 0 Å². The number of halogens is 1. The zero-order valence-electron chi connectivity index (χ0n) is 12.4. The fourth-order valence-electron chi connectivity index (χ4n) is 3.55. The molecule has 3 amide bonds. The van der Waals surface area contributed by atoms with Crippen molar-refractivity contribution in [1.82, 2.24) is 10.2 Å². The molecule has 1 saturated heterocycles. The smallest absolute Gasteiger partial charge is 0.319 e. The van der Waals surface area contributed by atoms with E-state index in [2.05, 4.69) is 5.32 Å². The summed E-state index contributed by atoms with van der Waals surface area (Å²) >= 11 is 5.99. The number of urea groups is 1. The lowest BCUT2D eigenvalue weighted by molar-refractivity contribution is -0.132. The Morgan fingerprint density at radius 2 is 1.96 bits per heavy atom. The molecule has 23 heavy (non-hydrogen) atoms. The quantitative estimate of drug-likeness (QED) is 0.861. The summed E-state index contributed by atoms with van der Waals surface area (Å²) in [4.78, 5) is 26.7. The minimum absolute atomic E-state index is 0.174. The molecule has 0 radical (unpaired) electrons. The van der Waals surface area contributed by atoms with Gasteiger partial charge in [-0.2, -0.15) is 0 Å². The SMILES string of the molecule is O=C1N[C@]2(CCc3ccccc32)C(=O)N1Cc1cccc(Cl)c1. The van der Waals surface area contributed by atoms with E-state index in [9.17, 15) is 9.59 Å². The molecule has 1 fully saturated rings. The Morgan fingerprint density at radius 3 is 2.78 bits per heavy atom. The topological polar surface area (TPSA) is 49.4 Å². The van der Waals surface area contributed by atoms with Gasteiger partial charge >= 0.3 is 6.03 Å². The molecule has 4 rings (SSSR count). The number of nitrogens with zero attached hydrogens (tertiary/aromatic N) is 1. The molecule has 1 atom stereocenters. The van der Waals surface area contributed by atoms with Crippen LogP contribution in [0.2, 0.25) is 5.02 Å². The average molecular weight is 327 g/mol. The van der Waals surface area contributed by atoms with Crippen molar-refractivity contribution in [3.63, 3.8) is 0 Å². The minimum Gasteiger partial charge on any atom is -0.319 e. The van der Waals surface area contributed by atoms with Gasteiger partial charge in [-0.05, 0) is 41.7 Å². The third-order valence-corrected chi connectivity index (χ3v) is 4.89. The van der Waals surface area contributed by atoms with E-state index in [4.69, 9.17) is 11.6 Å². The maximum Gasteiger partial charge on any atom is 0.325 e. The van der Waals surface area contributed by atoms with Gasteiger partial charge in [-0.3, -0.25) is 9.69 Å². The van der Waals surface area contributed by atoms with Gasteiger partial charge in [0.2, 0.25) is 0 Å². The predicted molar refractivity (Wildman–Crippen MR) is 87.0 cm³/mol. The van der Waals surface area contributed by atoms with Gasteiger partial charge in [0.05, 0.1) is 6.54 Å². The van der Waals surface area contributed by atoms with Crippen molar-refractivity contribution >= 4 is 23.5 Å². The average Bonchev–Trinajstić information content (AvgIpc) is 3.02. The first-order valence-electron chi connectivity index (χ1n) is 7.57. The molecule has 0 saturated carbocycles. The fourth-order valence-corrected chi connectivity index (χ4v) is 3.76. The first-order valence-corrected chi connectivity index (χ1v) is 7.95. The molecule has 5 heteroatoms. The van der Waals surface area contributed by atoms with Gasteiger partial charge in [0.15, 0.2) is 0 Å². The second-order valence-electron chi connectivity index (χ2n) is 6.01. The normalized spacial score (nSPS) is 22.6. The second-order valence-corrected chi connectivity index (χ2v) is 6.45. The molecule has 1 aliphatic carbocycles. The van der Waals surface area contributed by atoms with Crippen molar-refractivity contribution in [2.75, 3.05) is 0 Å². The summed E-state index contributed by atoms with van der Waals surface area (Å²) < 4.78 is 0. The number of aryl methyl sites for hydroxylation is 1. The first-order chi connectivity index (χ1) is 11.1. The number of benzene rings is 2. The molecule has 2 aliphatic rings. The number of imide groups is 1. The molecule has 0 unspecified atom stereocenters. The van der Waals surface area contributed by atoms with Crippen LogP contribution in [-0.2, 0) is 23.3 Å². The zero-order chi connectivity index (χ0) is 16.0. The Hall–Kier alpha value is -2.33. The maximum atomic E-state index is 13.0.